The van der Waals surface area contributed by atoms with Gasteiger partial charge in [0, 0.05) is 17.9 Å². The Morgan fingerprint density at radius 3 is 2.50 bits per heavy atom. The molecule has 0 spiro atoms. The number of Topliss-reactive ketones (excluding diaryl/α,β-unsaturated/α-hetero) is 1. The van der Waals surface area contributed by atoms with Crippen LogP contribution >= 0.6 is 0 Å². The van der Waals surface area contributed by atoms with Crippen molar-refractivity contribution in [3.05, 3.63) is 29.8 Å². The minimum Gasteiger partial charge on any atom is -0.494 e. The largest absolute Gasteiger partial charge is 0.494 e. The Kier molecular flexibility index (Phi) is 5.93. The van der Waals surface area contributed by atoms with Gasteiger partial charge in [-0.2, -0.15) is 5.26 Å². The first-order valence-corrected chi connectivity index (χ1v) is 6.36. The van der Waals surface area contributed by atoms with Gasteiger partial charge in [0.15, 0.2) is 5.78 Å². The van der Waals surface area contributed by atoms with Gasteiger partial charge >= 0.3 is 0 Å². The number of rotatable bonds is 7. The molecule has 1 aromatic carbocycles. The highest BCUT2D eigenvalue weighted by molar-refractivity contribution is 5.98. The van der Waals surface area contributed by atoms with Crippen molar-refractivity contribution < 1.29 is 9.53 Å². The van der Waals surface area contributed by atoms with Crippen LogP contribution in [0, 0.1) is 17.2 Å². The molecule has 0 aliphatic rings. The normalized spacial score (nSPS) is 11.6. The molecule has 0 amide bonds. The van der Waals surface area contributed by atoms with Crippen LogP contribution in [0.5, 0.6) is 5.75 Å². The Hall–Kier alpha value is -1.82. The number of carbonyl (C=O) groups excluding carboxylic acids is 1. The van der Waals surface area contributed by atoms with Gasteiger partial charge in [-0.1, -0.05) is 13.8 Å². The number of nitrogens with zero attached hydrogens (tertiary/aromatic N) is 1. The first kappa shape index (κ1) is 14.2. The molecule has 96 valence electrons. The summed E-state index contributed by atoms with van der Waals surface area (Å²) in [6, 6.07) is 9.22. The number of benzene rings is 1. The number of hydrogen-bond donors (Lipinski definition) is 0. The zero-order valence-corrected chi connectivity index (χ0v) is 11.0. The second kappa shape index (κ2) is 7.50. The van der Waals surface area contributed by atoms with Crippen molar-refractivity contribution in [2.75, 3.05) is 6.61 Å². The summed E-state index contributed by atoms with van der Waals surface area (Å²) in [6.07, 6.45) is 1.94. The van der Waals surface area contributed by atoms with Crippen molar-refractivity contribution in [2.45, 2.75) is 33.1 Å². The Morgan fingerprint density at radius 1 is 1.33 bits per heavy atom. The first-order chi connectivity index (χ1) is 8.72. The maximum absolute atomic E-state index is 12.1. The molecular formula is C15H19NO2. The van der Waals surface area contributed by atoms with E-state index in [9.17, 15) is 4.79 Å². The van der Waals surface area contributed by atoms with E-state index in [0.29, 0.717) is 18.6 Å². The van der Waals surface area contributed by atoms with Gasteiger partial charge in [-0.25, -0.2) is 0 Å². The lowest BCUT2D eigenvalue weighted by molar-refractivity contribution is 0.0918. The highest BCUT2D eigenvalue weighted by Crippen LogP contribution is 2.18. The molecule has 0 heterocycles. The standard InChI is InChI=1S/C15H19NO2/c1-3-11-18-14-7-5-13(6-8-14)15(17)12(4-2)9-10-16/h5-8,12H,3-4,9,11H2,1-2H3. The van der Waals surface area contributed by atoms with Gasteiger partial charge < -0.3 is 4.74 Å². The fourth-order valence-corrected chi connectivity index (χ4v) is 1.70. The van der Waals surface area contributed by atoms with E-state index in [1.165, 1.54) is 0 Å². The third-order valence-electron chi connectivity index (χ3n) is 2.81. The molecule has 0 aromatic heterocycles. The fraction of sp³-hybridized carbons (Fsp3) is 0.467. The molecule has 3 heteroatoms. The summed E-state index contributed by atoms with van der Waals surface area (Å²) in [4.78, 5) is 12.1. The molecular weight excluding hydrogens is 226 g/mol. The van der Waals surface area contributed by atoms with Crippen molar-refractivity contribution in [1.29, 1.82) is 5.26 Å². The number of ether oxygens (including phenoxy) is 1. The van der Waals surface area contributed by atoms with Crippen LogP contribution < -0.4 is 4.74 Å². The smallest absolute Gasteiger partial charge is 0.166 e. The molecule has 1 aromatic rings. The predicted octanol–water partition coefficient (Wildman–Crippen LogP) is 3.60. The van der Waals surface area contributed by atoms with Crippen molar-refractivity contribution in [3.63, 3.8) is 0 Å². The molecule has 0 aliphatic carbocycles. The summed E-state index contributed by atoms with van der Waals surface area (Å²) < 4.78 is 5.46. The van der Waals surface area contributed by atoms with Gasteiger partial charge in [0.2, 0.25) is 0 Å². The Balaban J connectivity index is 2.72. The quantitative estimate of drug-likeness (QED) is 0.690. The van der Waals surface area contributed by atoms with E-state index in [-0.39, 0.29) is 18.1 Å². The van der Waals surface area contributed by atoms with Crippen LogP contribution in [0.1, 0.15) is 43.5 Å². The second-order valence-electron chi connectivity index (χ2n) is 4.20. The first-order valence-electron chi connectivity index (χ1n) is 6.36. The molecule has 1 unspecified atom stereocenters. The van der Waals surface area contributed by atoms with Crippen molar-refractivity contribution in [1.82, 2.24) is 0 Å². The predicted molar refractivity (Wildman–Crippen MR) is 70.6 cm³/mol. The number of ketones is 1. The molecule has 3 nitrogen and oxygen atoms in total. The minimum absolute atomic E-state index is 0.0427. The molecule has 0 bridgehead atoms. The van der Waals surface area contributed by atoms with Gasteiger partial charge in [-0.3, -0.25) is 4.79 Å². The third kappa shape index (κ3) is 3.89. The number of nitriles is 1. The third-order valence-corrected chi connectivity index (χ3v) is 2.81. The molecule has 18 heavy (non-hydrogen) atoms. The van der Waals surface area contributed by atoms with Crippen LogP contribution in [0.15, 0.2) is 24.3 Å². The second-order valence-corrected chi connectivity index (χ2v) is 4.20. The summed E-state index contributed by atoms with van der Waals surface area (Å²) in [5, 5.41) is 8.68. The zero-order valence-electron chi connectivity index (χ0n) is 11.0. The van der Waals surface area contributed by atoms with Gasteiger partial charge in [0.25, 0.3) is 0 Å². The average Bonchev–Trinajstić information content (AvgIpc) is 2.42. The van der Waals surface area contributed by atoms with E-state index < -0.39 is 0 Å². The van der Waals surface area contributed by atoms with Crippen LogP contribution in [0.3, 0.4) is 0 Å². The van der Waals surface area contributed by atoms with E-state index in [1.807, 2.05) is 26.0 Å². The van der Waals surface area contributed by atoms with Gasteiger partial charge in [0.1, 0.15) is 5.75 Å². The van der Waals surface area contributed by atoms with Gasteiger partial charge in [0.05, 0.1) is 12.7 Å². The van der Waals surface area contributed by atoms with Crippen molar-refractivity contribution in [2.24, 2.45) is 5.92 Å². The Labute approximate surface area is 108 Å². The Bertz CT molecular complexity index is 417. The van der Waals surface area contributed by atoms with Crippen molar-refractivity contribution in [3.8, 4) is 11.8 Å². The summed E-state index contributed by atoms with van der Waals surface area (Å²) in [5.74, 6) is 0.625. The fourth-order valence-electron chi connectivity index (χ4n) is 1.70. The molecule has 0 saturated heterocycles. The maximum atomic E-state index is 12.1. The van der Waals surface area contributed by atoms with Crippen molar-refractivity contribution >= 4 is 5.78 Å². The van der Waals surface area contributed by atoms with Crippen LogP contribution in [0.25, 0.3) is 0 Å². The van der Waals surface area contributed by atoms with Gasteiger partial charge in [-0.15, -0.1) is 0 Å². The summed E-state index contributed by atoms with van der Waals surface area (Å²) in [5.41, 5.74) is 0.654. The van der Waals surface area contributed by atoms with Gasteiger partial charge in [-0.05, 0) is 37.1 Å². The molecule has 0 saturated carbocycles. The number of carbonyl (C=O) groups is 1. The lowest BCUT2D eigenvalue weighted by atomic mass is 9.93. The topological polar surface area (TPSA) is 50.1 Å². The minimum atomic E-state index is -0.197. The van der Waals surface area contributed by atoms with Crippen LogP contribution in [0.4, 0.5) is 0 Å². The van der Waals surface area contributed by atoms with Crippen LogP contribution in [-0.4, -0.2) is 12.4 Å². The van der Waals surface area contributed by atoms with E-state index >= 15 is 0 Å². The molecule has 1 rings (SSSR count). The lowest BCUT2D eigenvalue weighted by Gasteiger charge is -2.10. The SMILES string of the molecule is CCCOc1ccc(C(=O)C(CC)CC#N)cc1. The monoisotopic (exact) mass is 245 g/mol. The summed E-state index contributed by atoms with van der Waals surface area (Å²) in [6.45, 7) is 4.66. The summed E-state index contributed by atoms with van der Waals surface area (Å²) in [7, 11) is 0. The van der Waals surface area contributed by atoms with E-state index in [2.05, 4.69) is 6.07 Å². The maximum Gasteiger partial charge on any atom is 0.166 e. The van der Waals surface area contributed by atoms with E-state index in [4.69, 9.17) is 10.00 Å². The highest BCUT2D eigenvalue weighted by atomic mass is 16.5. The summed E-state index contributed by atoms with van der Waals surface area (Å²) >= 11 is 0. The lowest BCUT2D eigenvalue weighted by Crippen LogP contribution is -2.13. The molecule has 0 N–H and O–H groups in total. The average molecular weight is 245 g/mol. The molecule has 1 atom stereocenters. The zero-order chi connectivity index (χ0) is 13.4. The van der Waals surface area contributed by atoms with E-state index in [0.717, 1.165) is 12.2 Å². The highest BCUT2D eigenvalue weighted by Gasteiger charge is 2.17. The molecule has 0 radical (unpaired) electrons. The number of hydrogen-bond acceptors (Lipinski definition) is 3. The van der Waals surface area contributed by atoms with E-state index in [1.54, 1.807) is 12.1 Å². The molecule has 0 fully saturated rings. The molecule has 0 aliphatic heterocycles. The Morgan fingerprint density at radius 2 is 2.00 bits per heavy atom. The van der Waals surface area contributed by atoms with Crippen LogP contribution in [-0.2, 0) is 0 Å². The van der Waals surface area contributed by atoms with Crippen LogP contribution in [0.2, 0.25) is 0 Å².